The van der Waals surface area contributed by atoms with Crippen LogP contribution in [0.4, 0.5) is 26.2 Å². The summed E-state index contributed by atoms with van der Waals surface area (Å²) in [5, 5.41) is 22.4. The van der Waals surface area contributed by atoms with Crippen molar-refractivity contribution in [1.29, 1.82) is 0 Å². The maximum atomic E-state index is 16.1. The number of para-hydroxylation sites is 1. The lowest BCUT2D eigenvalue weighted by Crippen LogP contribution is -2.43. The summed E-state index contributed by atoms with van der Waals surface area (Å²) < 4.78 is 39.3. The van der Waals surface area contributed by atoms with E-state index in [1.54, 1.807) is 66.8 Å². The first-order chi connectivity index (χ1) is 23.1. The number of halogens is 1. The van der Waals surface area contributed by atoms with Gasteiger partial charge in [-0.3, -0.25) is 10.1 Å². The van der Waals surface area contributed by atoms with Gasteiger partial charge in [-0.2, -0.15) is 5.10 Å². The molecular formula is C36H52FN5O7. The third-order valence-electron chi connectivity index (χ3n) is 8.61. The number of nitrogens with zero attached hydrogens (tertiary/aromatic N) is 3. The Kier molecular flexibility index (Phi) is 12.5. The molecule has 270 valence electrons. The van der Waals surface area contributed by atoms with E-state index in [0.717, 1.165) is 36.8 Å². The number of ether oxygens (including phenoxy) is 4. The van der Waals surface area contributed by atoms with E-state index < -0.39 is 42.2 Å². The Hall–Kier alpha value is -3.94. The molecule has 4 rings (SSSR count). The molecule has 4 unspecified atom stereocenters. The maximum Gasteiger partial charge on any atom is 0.412 e. The Bertz CT molecular complexity index is 1510. The lowest BCUT2D eigenvalue weighted by Gasteiger charge is -2.30. The number of nitrogens with one attached hydrogen (secondary N) is 2. The lowest BCUT2D eigenvalue weighted by atomic mass is 9.86. The summed E-state index contributed by atoms with van der Waals surface area (Å²) in [6.45, 7) is 14.8. The molecule has 0 aromatic heterocycles. The third kappa shape index (κ3) is 9.61. The molecule has 1 aliphatic carbocycles. The Labute approximate surface area is 288 Å². The predicted octanol–water partition coefficient (Wildman–Crippen LogP) is 7.21. The summed E-state index contributed by atoms with van der Waals surface area (Å²) in [4.78, 5) is 28.1. The molecule has 2 amide bonds. The number of amides is 2. The van der Waals surface area contributed by atoms with Crippen LogP contribution >= 0.6 is 0 Å². The fraction of sp³-hybridized carbons (Fsp3) is 0.583. The lowest BCUT2D eigenvalue weighted by molar-refractivity contribution is -0.139. The van der Waals surface area contributed by atoms with Gasteiger partial charge in [0.1, 0.15) is 29.0 Å². The molecule has 0 saturated heterocycles. The summed E-state index contributed by atoms with van der Waals surface area (Å²) in [5.41, 5.74) is 0.451. The number of likely N-dealkylation sites (N-methyl/N-ethyl adjacent to an activating group) is 1. The molecule has 3 N–H and O–H groups in total. The van der Waals surface area contributed by atoms with Crippen LogP contribution in [0.3, 0.4) is 0 Å². The van der Waals surface area contributed by atoms with Gasteiger partial charge in [0.05, 0.1) is 23.0 Å². The van der Waals surface area contributed by atoms with Gasteiger partial charge in [0.25, 0.3) is 5.91 Å². The van der Waals surface area contributed by atoms with Gasteiger partial charge in [-0.05, 0) is 91.8 Å². The topological polar surface area (TPSA) is 134 Å². The highest BCUT2D eigenvalue weighted by atomic mass is 19.1. The summed E-state index contributed by atoms with van der Waals surface area (Å²) in [7, 11) is 1.63. The molecule has 2 aromatic rings. The number of carbonyl (C=O) groups excluding carboxylic acids is 2. The minimum absolute atomic E-state index is 0.0520. The van der Waals surface area contributed by atoms with E-state index in [-0.39, 0.29) is 29.0 Å². The molecule has 2 aliphatic rings. The number of rotatable bonds is 12. The van der Waals surface area contributed by atoms with Crippen LogP contribution in [0.1, 0.15) is 96.5 Å². The van der Waals surface area contributed by atoms with Crippen LogP contribution in [0.2, 0.25) is 0 Å². The van der Waals surface area contributed by atoms with Crippen molar-refractivity contribution in [1.82, 2.24) is 4.90 Å². The van der Waals surface area contributed by atoms with Gasteiger partial charge in [0.15, 0.2) is 12.1 Å². The monoisotopic (exact) mass is 685 g/mol. The van der Waals surface area contributed by atoms with Gasteiger partial charge >= 0.3 is 6.09 Å². The van der Waals surface area contributed by atoms with Crippen molar-refractivity contribution >= 4 is 34.9 Å². The van der Waals surface area contributed by atoms with Crippen LogP contribution < -0.4 is 20.4 Å². The van der Waals surface area contributed by atoms with Crippen molar-refractivity contribution in [3.05, 3.63) is 47.3 Å². The molecule has 49 heavy (non-hydrogen) atoms. The van der Waals surface area contributed by atoms with Crippen LogP contribution in [-0.2, 0) is 14.2 Å². The van der Waals surface area contributed by atoms with Crippen LogP contribution in [0.5, 0.6) is 5.75 Å². The molecule has 0 spiro atoms. The first kappa shape index (κ1) is 37.9. The van der Waals surface area contributed by atoms with Gasteiger partial charge < -0.3 is 34.3 Å². The summed E-state index contributed by atoms with van der Waals surface area (Å²) >= 11 is 0. The summed E-state index contributed by atoms with van der Waals surface area (Å²) in [6, 6.07) is 7.65. The normalized spacial score (nSPS) is 18.8. The van der Waals surface area contributed by atoms with Gasteiger partial charge in [-0.1, -0.05) is 31.4 Å². The fourth-order valence-electron chi connectivity index (χ4n) is 6.11. The largest absolute Gasteiger partial charge is 0.490 e. The number of carbonyl (C=O) groups is 2. The zero-order valence-electron chi connectivity index (χ0n) is 30.1. The number of anilines is 3. The van der Waals surface area contributed by atoms with Gasteiger partial charge in [-0.25, -0.2) is 14.2 Å². The molecule has 4 atom stereocenters. The Morgan fingerprint density at radius 2 is 1.80 bits per heavy atom. The summed E-state index contributed by atoms with van der Waals surface area (Å²) in [5.74, 6) is -0.683. The predicted molar refractivity (Wildman–Crippen MR) is 187 cm³/mol. The van der Waals surface area contributed by atoms with Crippen LogP contribution in [0, 0.1) is 18.7 Å². The van der Waals surface area contributed by atoms with Crippen LogP contribution in [0.25, 0.3) is 0 Å². The van der Waals surface area contributed by atoms with Gasteiger partial charge in [-0.15, -0.1) is 0 Å². The highest BCUT2D eigenvalue weighted by Gasteiger charge is 2.37. The second kappa shape index (κ2) is 16.2. The first-order valence-electron chi connectivity index (χ1n) is 17.1. The molecule has 0 radical (unpaired) electrons. The summed E-state index contributed by atoms with van der Waals surface area (Å²) in [6.07, 6.45) is 1.91. The average molecular weight is 686 g/mol. The number of hydrazone groups is 1. The van der Waals surface area contributed by atoms with Crippen LogP contribution in [-0.4, -0.2) is 71.9 Å². The standard InChI is InChI=1S/C36H52FN5O7/c1-10-46-24(5)47-23(4)32-40-42(35(45)41(32)9)29-20-30(48-22(3)25-16-12-11-13-17-25)26(19-27(29)37)33(43)39-31-21(2)15-14-18-28(31)38-34(44)49-36(6,7)8/h14-15,18-20,22-25,35,45H,10-13,16-17H2,1-9H3,(H,38,44)(H,39,43). The molecular weight excluding hydrogens is 633 g/mol. The van der Waals surface area contributed by atoms with E-state index in [0.29, 0.717) is 29.4 Å². The SMILES string of the molecule is CCOC(C)OC(C)C1=NN(c2cc(OC(C)C3CCCCC3)c(C(=O)Nc3c(C)cccc3NC(=O)OC(C)(C)C)cc2F)C(O)N1C. The van der Waals surface area contributed by atoms with Crippen molar-refractivity contribution in [3.63, 3.8) is 0 Å². The zero-order chi connectivity index (χ0) is 36.0. The van der Waals surface area contributed by atoms with Gasteiger partial charge in [0, 0.05) is 19.7 Å². The van der Waals surface area contributed by atoms with Crippen molar-refractivity contribution < 1.29 is 38.0 Å². The number of hydrogen-bond acceptors (Lipinski definition) is 10. The number of aryl methyl sites for hydroxylation is 1. The fourth-order valence-corrected chi connectivity index (χ4v) is 6.11. The maximum absolute atomic E-state index is 16.1. The molecule has 13 heteroatoms. The zero-order valence-corrected chi connectivity index (χ0v) is 30.1. The quantitative estimate of drug-likeness (QED) is 0.198. The van der Waals surface area contributed by atoms with E-state index in [4.69, 9.17) is 18.9 Å². The highest BCUT2D eigenvalue weighted by Crippen LogP contribution is 2.37. The Morgan fingerprint density at radius 1 is 1.10 bits per heavy atom. The van der Waals surface area contributed by atoms with Crippen molar-refractivity contribution in [2.24, 2.45) is 11.0 Å². The number of aliphatic hydroxyl groups is 1. The molecule has 1 aliphatic heterocycles. The molecule has 2 aromatic carbocycles. The average Bonchev–Trinajstić information content (AvgIpc) is 3.32. The van der Waals surface area contributed by atoms with E-state index in [1.807, 2.05) is 13.8 Å². The molecule has 12 nitrogen and oxygen atoms in total. The van der Waals surface area contributed by atoms with E-state index in [2.05, 4.69) is 15.7 Å². The van der Waals surface area contributed by atoms with Crippen molar-refractivity contribution in [3.8, 4) is 5.75 Å². The highest BCUT2D eigenvalue weighted by molar-refractivity contribution is 6.09. The molecule has 0 bridgehead atoms. The molecule has 1 fully saturated rings. The minimum Gasteiger partial charge on any atom is -0.490 e. The Morgan fingerprint density at radius 3 is 2.45 bits per heavy atom. The minimum atomic E-state index is -1.35. The number of hydrogen-bond donors (Lipinski definition) is 3. The number of aliphatic hydroxyl groups excluding tert-OH is 1. The smallest absolute Gasteiger partial charge is 0.412 e. The van der Waals surface area contributed by atoms with Crippen molar-refractivity contribution in [2.45, 2.75) is 118 Å². The number of benzene rings is 2. The van der Waals surface area contributed by atoms with E-state index >= 15 is 4.39 Å². The van der Waals surface area contributed by atoms with Gasteiger partial charge in [0.2, 0.25) is 6.35 Å². The van der Waals surface area contributed by atoms with E-state index in [1.165, 1.54) is 17.4 Å². The third-order valence-corrected chi connectivity index (χ3v) is 8.61. The molecule has 1 saturated carbocycles. The Balaban J connectivity index is 1.70. The van der Waals surface area contributed by atoms with E-state index in [9.17, 15) is 14.7 Å². The first-order valence-corrected chi connectivity index (χ1v) is 17.1. The second-order valence-corrected chi connectivity index (χ2v) is 13.7. The van der Waals surface area contributed by atoms with Crippen molar-refractivity contribution in [2.75, 3.05) is 29.3 Å². The van der Waals surface area contributed by atoms with Crippen LogP contribution in [0.15, 0.2) is 35.4 Å². The number of amidine groups is 1. The molecule has 1 heterocycles. The second-order valence-electron chi connectivity index (χ2n) is 13.7.